The predicted molar refractivity (Wildman–Crippen MR) is 103 cm³/mol. The minimum Gasteiger partial charge on any atom is -0.444 e. The Morgan fingerprint density at radius 3 is 2.24 bits per heavy atom. The van der Waals surface area contributed by atoms with Crippen molar-refractivity contribution in [1.29, 1.82) is 0 Å². The molecule has 2 rings (SSSR count). The Hall–Kier alpha value is -2.25. The Bertz CT molecular complexity index is 721. The number of benzene rings is 1. The van der Waals surface area contributed by atoms with Crippen molar-refractivity contribution >= 4 is 12.0 Å². The fraction of sp³-hybridized carbons (Fsp3) is 0.619. The molecular weight excluding hydrogens is 385 g/mol. The average Bonchev–Trinajstić information content (AvgIpc) is 2.64. The van der Waals surface area contributed by atoms with Crippen LogP contribution >= 0.6 is 0 Å². The predicted octanol–water partition coefficient (Wildman–Crippen LogP) is 4.70. The SMILES string of the molecule is CCN(Cc1ccccc1C(F)(F)F)C(=O)C1CCN(C(=O)OC(C)(C)C)CC1. The molecule has 5 nitrogen and oxygen atoms in total. The number of rotatable bonds is 4. The highest BCUT2D eigenvalue weighted by Gasteiger charge is 2.35. The van der Waals surface area contributed by atoms with Crippen LogP contribution in [0.4, 0.5) is 18.0 Å². The van der Waals surface area contributed by atoms with Crippen LogP contribution < -0.4 is 0 Å². The molecule has 29 heavy (non-hydrogen) atoms. The van der Waals surface area contributed by atoms with Crippen molar-refractivity contribution in [3.8, 4) is 0 Å². The van der Waals surface area contributed by atoms with E-state index in [1.165, 1.54) is 17.0 Å². The van der Waals surface area contributed by atoms with Gasteiger partial charge in [0.2, 0.25) is 5.91 Å². The molecule has 8 heteroatoms. The molecule has 0 saturated carbocycles. The molecule has 0 atom stereocenters. The Morgan fingerprint density at radius 1 is 1.14 bits per heavy atom. The van der Waals surface area contributed by atoms with Crippen molar-refractivity contribution in [3.63, 3.8) is 0 Å². The number of carbonyl (C=O) groups excluding carboxylic acids is 2. The summed E-state index contributed by atoms with van der Waals surface area (Å²) in [7, 11) is 0. The van der Waals surface area contributed by atoms with Gasteiger partial charge in [-0.1, -0.05) is 18.2 Å². The van der Waals surface area contributed by atoms with Crippen LogP contribution in [0.1, 0.15) is 51.7 Å². The van der Waals surface area contributed by atoms with E-state index in [0.29, 0.717) is 32.5 Å². The van der Waals surface area contributed by atoms with E-state index in [-0.39, 0.29) is 23.9 Å². The van der Waals surface area contributed by atoms with Gasteiger partial charge in [0.05, 0.1) is 5.56 Å². The molecule has 1 heterocycles. The van der Waals surface area contributed by atoms with Gasteiger partial charge < -0.3 is 14.5 Å². The van der Waals surface area contributed by atoms with Gasteiger partial charge in [-0.2, -0.15) is 13.2 Å². The van der Waals surface area contributed by atoms with Gasteiger partial charge in [-0.05, 0) is 52.2 Å². The summed E-state index contributed by atoms with van der Waals surface area (Å²) in [6.07, 6.45) is -3.93. The molecule has 1 aromatic rings. The molecule has 0 N–H and O–H groups in total. The van der Waals surface area contributed by atoms with Crippen LogP contribution in [-0.4, -0.2) is 47.0 Å². The maximum absolute atomic E-state index is 13.2. The topological polar surface area (TPSA) is 49.9 Å². The summed E-state index contributed by atoms with van der Waals surface area (Å²) in [6.45, 7) is 8.14. The minimum absolute atomic E-state index is 0.0846. The summed E-state index contributed by atoms with van der Waals surface area (Å²) in [6, 6.07) is 5.33. The maximum Gasteiger partial charge on any atom is 0.416 e. The standard InChI is InChI=1S/C21H29F3N2O3/c1-5-25(14-16-8-6-7-9-17(16)21(22,23)24)18(27)15-10-12-26(13-11-15)19(28)29-20(2,3)4/h6-9,15H,5,10-14H2,1-4H3. The average molecular weight is 414 g/mol. The third-order valence-electron chi connectivity index (χ3n) is 4.87. The smallest absolute Gasteiger partial charge is 0.416 e. The van der Waals surface area contributed by atoms with Gasteiger partial charge in [0.1, 0.15) is 5.60 Å². The first-order chi connectivity index (χ1) is 13.4. The zero-order chi connectivity index (χ0) is 21.8. The van der Waals surface area contributed by atoms with Gasteiger partial charge in [0.15, 0.2) is 0 Å². The molecule has 0 aromatic heterocycles. The van der Waals surface area contributed by atoms with Gasteiger partial charge in [-0.15, -0.1) is 0 Å². The molecule has 2 amide bonds. The van der Waals surface area contributed by atoms with Gasteiger partial charge in [0, 0.05) is 32.1 Å². The van der Waals surface area contributed by atoms with Gasteiger partial charge in [-0.25, -0.2) is 4.79 Å². The Labute approximate surface area is 169 Å². The van der Waals surface area contributed by atoms with Crippen molar-refractivity contribution in [1.82, 2.24) is 9.80 Å². The number of carbonyl (C=O) groups is 2. The second-order valence-corrected chi connectivity index (χ2v) is 8.25. The van der Waals surface area contributed by atoms with Crippen LogP contribution in [0.3, 0.4) is 0 Å². The van der Waals surface area contributed by atoms with E-state index in [4.69, 9.17) is 4.74 Å². The summed E-state index contributed by atoms with van der Waals surface area (Å²) in [5.41, 5.74) is -1.22. The first-order valence-electron chi connectivity index (χ1n) is 9.84. The zero-order valence-electron chi connectivity index (χ0n) is 17.4. The van der Waals surface area contributed by atoms with Gasteiger partial charge in [-0.3, -0.25) is 4.79 Å². The molecule has 1 aliphatic rings. The van der Waals surface area contributed by atoms with Crippen LogP contribution in [0, 0.1) is 5.92 Å². The number of piperidine rings is 1. The first kappa shape index (κ1) is 23.0. The highest BCUT2D eigenvalue weighted by Crippen LogP contribution is 2.33. The number of nitrogens with zero attached hydrogens (tertiary/aromatic N) is 2. The normalized spacial score (nSPS) is 15.9. The number of halogens is 3. The number of hydrogen-bond acceptors (Lipinski definition) is 3. The van der Waals surface area contributed by atoms with E-state index in [1.54, 1.807) is 38.7 Å². The van der Waals surface area contributed by atoms with E-state index < -0.39 is 23.4 Å². The Kier molecular flexibility index (Phi) is 7.19. The molecule has 1 aliphatic heterocycles. The molecule has 0 aliphatic carbocycles. The van der Waals surface area contributed by atoms with E-state index in [0.717, 1.165) is 6.07 Å². The quantitative estimate of drug-likeness (QED) is 0.718. The lowest BCUT2D eigenvalue weighted by molar-refractivity contribution is -0.141. The summed E-state index contributed by atoms with van der Waals surface area (Å²) in [5, 5.41) is 0. The minimum atomic E-state index is -4.46. The van der Waals surface area contributed by atoms with Crippen molar-refractivity contribution in [3.05, 3.63) is 35.4 Å². The first-order valence-corrected chi connectivity index (χ1v) is 9.84. The monoisotopic (exact) mass is 414 g/mol. The van der Waals surface area contributed by atoms with Crippen molar-refractivity contribution < 1.29 is 27.5 Å². The van der Waals surface area contributed by atoms with E-state index in [9.17, 15) is 22.8 Å². The lowest BCUT2D eigenvalue weighted by Crippen LogP contribution is -2.45. The van der Waals surface area contributed by atoms with Crippen molar-refractivity contribution in [2.45, 2.75) is 58.9 Å². The Balaban J connectivity index is 2.01. The lowest BCUT2D eigenvalue weighted by Gasteiger charge is -2.35. The third kappa shape index (κ3) is 6.37. The molecule has 0 radical (unpaired) electrons. The summed E-state index contributed by atoms with van der Waals surface area (Å²) in [4.78, 5) is 28.1. The second kappa shape index (κ2) is 9.05. The van der Waals surface area contributed by atoms with E-state index >= 15 is 0 Å². The molecule has 0 bridgehead atoms. The molecule has 162 valence electrons. The van der Waals surface area contributed by atoms with Gasteiger partial charge in [0.25, 0.3) is 0 Å². The largest absolute Gasteiger partial charge is 0.444 e. The fourth-order valence-electron chi connectivity index (χ4n) is 3.38. The number of hydrogen-bond donors (Lipinski definition) is 0. The number of alkyl halides is 3. The summed E-state index contributed by atoms with van der Waals surface area (Å²) >= 11 is 0. The molecule has 1 saturated heterocycles. The highest BCUT2D eigenvalue weighted by atomic mass is 19.4. The molecule has 1 aromatic carbocycles. The maximum atomic E-state index is 13.2. The third-order valence-corrected chi connectivity index (χ3v) is 4.87. The van der Waals surface area contributed by atoms with Crippen molar-refractivity contribution in [2.24, 2.45) is 5.92 Å². The zero-order valence-corrected chi connectivity index (χ0v) is 17.4. The lowest BCUT2D eigenvalue weighted by atomic mass is 9.95. The van der Waals surface area contributed by atoms with E-state index in [2.05, 4.69) is 0 Å². The van der Waals surface area contributed by atoms with Crippen LogP contribution in [0.15, 0.2) is 24.3 Å². The second-order valence-electron chi connectivity index (χ2n) is 8.25. The molecule has 0 unspecified atom stereocenters. The summed E-state index contributed by atoms with van der Waals surface area (Å²) in [5.74, 6) is -0.486. The number of ether oxygens (including phenoxy) is 1. The van der Waals surface area contributed by atoms with Gasteiger partial charge >= 0.3 is 12.3 Å². The molecule has 1 fully saturated rings. The Morgan fingerprint density at radius 2 is 1.72 bits per heavy atom. The van der Waals surface area contributed by atoms with Crippen LogP contribution in [-0.2, 0) is 22.3 Å². The molecule has 0 spiro atoms. The number of amides is 2. The van der Waals surface area contributed by atoms with E-state index in [1.807, 2.05) is 0 Å². The van der Waals surface area contributed by atoms with Crippen LogP contribution in [0.5, 0.6) is 0 Å². The van der Waals surface area contributed by atoms with Crippen LogP contribution in [0.25, 0.3) is 0 Å². The summed E-state index contributed by atoms with van der Waals surface area (Å²) < 4.78 is 45.1. The van der Waals surface area contributed by atoms with Crippen molar-refractivity contribution in [2.75, 3.05) is 19.6 Å². The molecular formula is C21H29F3N2O3. The van der Waals surface area contributed by atoms with Crippen LogP contribution in [0.2, 0.25) is 0 Å². The highest BCUT2D eigenvalue weighted by molar-refractivity contribution is 5.79. The number of likely N-dealkylation sites (tertiary alicyclic amines) is 1. The fourth-order valence-corrected chi connectivity index (χ4v) is 3.38.